The van der Waals surface area contributed by atoms with E-state index in [2.05, 4.69) is 20.1 Å². The van der Waals surface area contributed by atoms with Crippen molar-refractivity contribution in [2.75, 3.05) is 13.2 Å². The van der Waals surface area contributed by atoms with E-state index < -0.39 is 11.9 Å². The Kier molecular flexibility index (Phi) is 4.42. The van der Waals surface area contributed by atoms with Crippen molar-refractivity contribution in [2.24, 2.45) is 0 Å². The number of ether oxygens (including phenoxy) is 1. The topological polar surface area (TPSA) is 85.7 Å². The van der Waals surface area contributed by atoms with Crippen LogP contribution in [0, 0.1) is 0 Å². The quantitative estimate of drug-likeness (QED) is 0.756. The van der Waals surface area contributed by atoms with Crippen LogP contribution >= 0.6 is 0 Å². The molecule has 3 aromatic rings. The van der Waals surface area contributed by atoms with E-state index in [9.17, 15) is 18.0 Å². The Morgan fingerprint density at radius 3 is 2.74 bits per heavy atom. The summed E-state index contributed by atoms with van der Waals surface area (Å²) in [5.41, 5.74) is -0.756. The highest BCUT2D eigenvalue weighted by Gasteiger charge is 2.32. The van der Waals surface area contributed by atoms with Crippen LogP contribution in [0.3, 0.4) is 0 Å². The van der Waals surface area contributed by atoms with Crippen LogP contribution in [-0.4, -0.2) is 37.9 Å². The van der Waals surface area contributed by atoms with Crippen molar-refractivity contribution < 1.29 is 17.9 Å². The first-order valence-corrected chi connectivity index (χ1v) is 8.49. The number of hydrogen-bond acceptors (Lipinski definition) is 5. The molecule has 27 heavy (non-hydrogen) atoms. The zero-order valence-corrected chi connectivity index (χ0v) is 14.2. The third-order valence-electron chi connectivity index (χ3n) is 4.49. The minimum Gasteiger partial charge on any atom is -0.381 e. The number of aromatic nitrogens is 5. The van der Waals surface area contributed by atoms with Gasteiger partial charge in [-0.05, 0) is 25.0 Å². The number of aromatic amines is 1. The Labute approximate surface area is 151 Å². The largest absolute Gasteiger partial charge is 0.433 e. The summed E-state index contributed by atoms with van der Waals surface area (Å²) in [6, 6.07) is 3.73. The van der Waals surface area contributed by atoms with Gasteiger partial charge in [0.25, 0.3) is 5.56 Å². The second kappa shape index (κ2) is 6.76. The molecule has 0 aliphatic carbocycles. The van der Waals surface area contributed by atoms with Crippen LogP contribution in [-0.2, 0) is 17.3 Å². The van der Waals surface area contributed by atoms with E-state index in [1.54, 1.807) is 4.68 Å². The molecular weight excluding hydrogens is 363 g/mol. The molecule has 0 amide bonds. The Morgan fingerprint density at radius 2 is 2.00 bits per heavy atom. The van der Waals surface area contributed by atoms with Crippen LogP contribution in [0.15, 0.2) is 29.2 Å². The molecule has 1 saturated heterocycles. The summed E-state index contributed by atoms with van der Waals surface area (Å²) < 4.78 is 45.6. The molecule has 0 bridgehead atoms. The van der Waals surface area contributed by atoms with Gasteiger partial charge in [0, 0.05) is 25.3 Å². The van der Waals surface area contributed by atoms with Gasteiger partial charge in [0.2, 0.25) is 0 Å². The summed E-state index contributed by atoms with van der Waals surface area (Å²) in [7, 11) is 0. The molecule has 1 N–H and O–H groups in total. The van der Waals surface area contributed by atoms with Gasteiger partial charge < -0.3 is 9.72 Å². The van der Waals surface area contributed by atoms with Crippen molar-refractivity contribution in [3.8, 4) is 0 Å². The maximum absolute atomic E-state index is 12.8. The second-order valence-corrected chi connectivity index (χ2v) is 6.37. The lowest BCUT2D eigenvalue weighted by Gasteiger charge is -2.22. The lowest BCUT2D eigenvalue weighted by Crippen LogP contribution is -2.21. The molecule has 0 unspecified atom stereocenters. The number of nitrogens with zero attached hydrogens (tertiary/aromatic N) is 4. The van der Waals surface area contributed by atoms with Crippen molar-refractivity contribution in [3.05, 3.63) is 52.0 Å². The fourth-order valence-electron chi connectivity index (χ4n) is 3.17. The van der Waals surface area contributed by atoms with Gasteiger partial charge in [0.05, 0.1) is 12.2 Å². The SMILES string of the molecule is O=c1[nH]c(Cc2cccc(C(F)(F)F)n2)nc2c1cnn2C1CCOCC1. The molecular formula is C17H16F3N5O2. The molecule has 1 fully saturated rings. The van der Waals surface area contributed by atoms with Gasteiger partial charge in [0.1, 0.15) is 16.9 Å². The smallest absolute Gasteiger partial charge is 0.381 e. The van der Waals surface area contributed by atoms with Crippen molar-refractivity contribution in [1.29, 1.82) is 0 Å². The first-order chi connectivity index (χ1) is 12.9. The average Bonchev–Trinajstić information content (AvgIpc) is 3.06. The average molecular weight is 379 g/mol. The lowest BCUT2D eigenvalue weighted by molar-refractivity contribution is -0.141. The van der Waals surface area contributed by atoms with Crippen LogP contribution in [0.2, 0.25) is 0 Å². The predicted molar refractivity (Wildman–Crippen MR) is 89.3 cm³/mol. The zero-order chi connectivity index (χ0) is 19.0. The summed E-state index contributed by atoms with van der Waals surface area (Å²) in [4.78, 5) is 23.0. The van der Waals surface area contributed by atoms with Crippen molar-refractivity contribution in [2.45, 2.75) is 31.5 Å². The molecule has 4 heterocycles. The first-order valence-electron chi connectivity index (χ1n) is 8.49. The molecule has 0 radical (unpaired) electrons. The standard InChI is InChI=1S/C17H16F3N5O2/c18-17(19,20)13-3-1-2-10(22-13)8-14-23-15-12(16(26)24-14)9-21-25(15)11-4-6-27-7-5-11/h1-3,9,11H,4-8H2,(H,23,24,26). The number of alkyl halides is 3. The van der Waals surface area contributed by atoms with Gasteiger partial charge in [-0.25, -0.2) is 14.6 Å². The van der Waals surface area contributed by atoms with Crippen molar-refractivity contribution >= 4 is 11.0 Å². The van der Waals surface area contributed by atoms with Gasteiger partial charge >= 0.3 is 6.18 Å². The first kappa shape index (κ1) is 17.7. The lowest BCUT2D eigenvalue weighted by atomic mass is 10.1. The third kappa shape index (κ3) is 3.57. The Morgan fingerprint density at radius 1 is 1.22 bits per heavy atom. The predicted octanol–water partition coefficient (Wildman–Crippen LogP) is 2.48. The maximum Gasteiger partial charge on any atom is 0.433 e. The summed E-state index contributed by atoms with van der Waals surface area (Å²) in [5.74, 6) is 0.244. The van der Waals surface area contributed by atoms with E-state index in [0.29, 0.717) is 24.2 Å². The molecule has 7 nitrogen and oxygen atoms in total. The maximum atomic E-state index is 12.8. The van der Waals surface area contributed by atoms with Gasteiger partial charge in [-0.3, -0.25) is 4.79 Å². The molecule has 1 aliphatic rings. The van der Waals surface area contributed by atoms with Gasteiger partial charge in [-0.2, -0.15) is 18.3 Å². The number of H-pyrrole nitrogens is 1. The summed E-state index contributed by atoms with van der Waals surface area (Å²) in [6.07, 6.45) is -1.56. The summed E-state index contributed by atoms with van der Waals surface area (Å²) in [6.45, 7) is 1.21. The Hall–Kier alpha value is -2.75. The van der Waals surface area contributed by atoms with E-state index >= 15 is 0 Å². The van der Waals surface area contributed by atoms with Crippen LogP contribution in [0.4, 0.5) is 13.2 Å². The summed E-state index contributed by atoms with van der Waals surface area (Å²) >= 11 is 0. The Balaban J connectivity index is 1.69. The molecule has 4 rings (SSSR count). The van der Waals surface area contributed by atoms with Crippen molar-refractivity contribution in [1.82, 2.24) is 24.7 Å². The highest BCUT2D eigenvalue weighted by molar-refractivity contribution is 5.73. The fraction of sp³-hybridized carbons (Fsp3) is 0.412. The van der Waals surface area contributed by atoms with E-state index in [-0.39, 0.29) is 29.5 Å². The van der Waals surface area contributed by atoms with Gasteiger partial charge in [-0.15, -0.1) is 0 Å². The van der Waals surface area contributed by atoms with E-state index in [1.165, 1.54) is 18.3 Å². The molecule has 1 aliphatic heterocycles. The monoisotopic (exact) mass is 379 g/mol. The van der Waals surface area contributed by atoms with E-state index in [4.69, 9.17) is 4.74 Å². The minimum absolute atomic E-state index is 0.0198. The van der Waals surface area contributed by atoms with Crippen LogP contribution in [0.1, 0.15) is 36.1 Å². The number of rotatable bonds is 3. The molecule has 0 aromatic carbocycles. The number of halogens is 3. The molecule has 0 spiro atoms. The fourth-order valence-corrected chi connectivity index (χ4v) is 3.17. The number of fused-ring (bicyclic) bond motifs is 1. The van der Waals surface area contributed by atoms with Crippen LogP contribution in [0.5, 0.6) is 0 Å². The molecule has 0 atom stereocenters. The zero-order valence-electron chi connectivity index (χ0n) is 14.2. The van der Waals surface area contributed by atoms with Gasteiger partial charge in [0.15, 0.2) is 5.65 Å². The molecule has 0 saturated carbocycles. The highest BCUT2D eigenvalue weighted by Crippen LogP contribution is 2.27. The van der Waals surface area contributed by atoms with Crippen LogP contribution in [0.25, 0.3) is 11.0 Å². The van der Waals surface area contributed by atoms with E-state index in [1.807, 2.05) is 0 Å². The Bertz CT molecular complexity index is 1020. The van der Waals surface area contributed by atoms with Crippen molar-refractivity contribution in [3.63, 3.8) is 0 Å². The number of pyridine rings is 1. The third-order valence-corrected chi connectivity index (χ3v) is 4.49. The van der Waals surface area contributed by atoms with E-state index in [0.717, 1.165) is 18.9 Å². The summed E-state index contributed by atoms with van der Waals surface area (Å²) in [5, 5.41) is 4.64. The molecule has 142 valence electrons. The second-order valence-electron chi connectivity index (χ2n) is 6.37. The highest BCUT2D eigenvalue weighted by atomic mass is 19.4. The van der Waals surface area contributed by atoms with Gasteiger partial charge in [-0.1, -0.05) is 6.07 Å². The minimum atomic E-state index is -4.53. The number of hydrogen-bond donors (Lipinski definition) is 1. The number of nitrogens with one attached hydrogen (secondary N) is 1. The molecule has 10 heteroatoms. The molecule has 3 aromatic heterocycles. The van der Waals surface area contributed by atoms with Crippen LogP contribution < -0.4 is 5.56 Å². The normalized spacial score (nSPS) is 16.1.